The lowest BCUT2D eigenvalue weighted by atomic mass is 9.98. The monoisotopic (exact) mass is 329 g/mol. The number of fused-ring (bicyclic) bond motifs is 1. The van der Waals surface area contributed by atoms with Crippen LogP contribution in [0.25, 0.3) is 10.9 Å². The van der Waals surface area contributed by atoms with E-state index in [-0.39, 0.29) is 17.4 Å². The number of rotatable bonds is 5. The number of aromatic amines is 1. The summed E-state index contributed by atoms with van der Waals surface area (Å²) in [4.78, 5) is 33.6. The number of aromatic nitrogens is 2. The first-order chi connectivity index (χ1) is 11.7. The summed E-state index contributed by atoms with van der Waals surface area (Å²) >= 11 is 0. The standard InChI is InChI=1S/C18H23N3O3/c1-2-24-18(23)13-6-5-10-21(12-13)11-9-16-19-15-8-4-3-7-14(15)17(22)20-16/h3-4,7-8,13H,2,5-6,9-12H2,1H3,(H,19,20,22). The van der Waals surface area contributed by atoms with Crippen LogP contribution in [-0.2, 0) is 16.0 Å². The van der Waals surface area contributed by atoms with Crippen molar-refractivity contribution in [3.8, 4) is 0 Å². The molecular weight excluding hydrogens is 306 g/mol. The Balaban J connectivity index is 1.63. The highest BCUT2D eigenvalue weighted by Gasteiger charge is 2.26. The van der Waals surface area contributed by atoms with Gasteiger partial charge in [0.1, 0.15) is 5.82 Å². The van der Waals surface area contributed by atoms with E-state index in [0.29, 0.717) is 24.2 Å². The Kier molecular flexibility index (Phi) is 5.25. The quantitative estimate of drug-likeness (QED) is 0.846. The molecule has 6 nitrogen and oxygen atoms in total. The number of benzene rings is 1. The lowest BCUT2D eigenvalue weighted by Crippen LogP contribution is -2.40. The van der Waals surface area contributed by atoms with Gasteiger partial charge in [-0.3, -0.25) is 9.59 Å². The summed E-state index contributed by atoms with van der Waals surface area (Å²) in [5.74, 6) is 0.554. The Hall–Kier alpha value is -2.21. The van der Waals surface area contributed by atoms with E-state index in [9.17, 15) is 9.59 Å². The van der Waals surface area contributed by atoms with Gasteiger partial charge >= 0.3 is 5.97 Å². The normalized spacial score (nSPS) is 18.6. The Morgan fingerprint density at radius 3 is 3.08 bits per heavy atom. The molecule has 1 atom stereocenters. The predicted octanol–water partition coefficient (Wildman–Crippen LogP) is 1.74. The van der Waals surface area contributed by atoms with Crippen molar-refractivity contribution in [3.05, 3.63) is 40.4 Å². The van der Waals surface area contributed by atoms with E-state index in [1.54, 1.807) is 6.07 Å². The van der Waals surface area contributed by atoms with E-state index in [2.05, 4.69) is 14.9 Å². The fraction of sp³-hybridized carbons (Fsp3) is 0.500. The molecule has 3 rings (SSSR count). The van der Waals surface area contributed by atoms with E-state index in [0.717, 1.165) is 38.0 Å². The largest absolute Gasteiger partial charge is 0.466 e. The molecule has 0 saturated carbocycles. The molecule has 1 N–H and O–H groups in total. The van der Waals surface area contributed by atoms with E-state index in [4.69, 9.17) is 4.74 Å². The van der Waals surface area contributed by atoms with Gasteiger partial charge in [0.15, 0.2) is 0 Å². The van der Waals surface area contributed by atoms with Crippen LogP contribution >= 0.6 is 0 Å². The van der Waals surface area contributed by atoms with Crippen LogP contribution in [0.2, 0.25) is 0 Å². The van der Waals surface area contributed by atoms with E-state index >= 15 is 0 Å². The fourth-order valence-electron chi connectivity index (χ4n) is 3.23. The van der Waals surface area contributed by atoms with Crippen LogP contribution in [-0.4, -0.2) is 47.1 Å². The minimum absolute atomic E-state index is 0.0395. The van der Waals surface area contributed by atoms with Gasteiger partial charge in [-0.05, 0) is 38.4 Å². The Morgan fingerprint density at radius 1 is 1.42 bits per heavy atom. The zero-order chi connectivity index (χ0) is 16.9. The maximum absolute atomic E-state index is 12.1. The van der Waals surface area contributed by atoms with Gasteiger partial charge in [0.05, 0.1) is 23.4 Å². The lowest BCUT2D eigenvalue weighted by molar-refractivity contribution is -0.149. The number of nitrogens with one attached hydrogen (secondary N) is 1. The van der Waals surface area contributed by atoms with Gasteiger partial charge in [0.25, 0.3) is 5.56 Å². The third kappa shape index (κ3) is 3.82. The molecule has 0 radical (unpaired) electrons. The maximum atomic E-state index is 12.1. The molecule has 0 aliphatic carbocycles. The Bertz CT molecular complexity index is 771. The summed E-state index contributed by atoms with van der Waals surface area (Å²) in [6, 6.07) is 7.35. The Labute approximate surface area is 140 Å². The van der Waals surface area contributed by atoms with Crippen molar-refractivity contribution >= 4 is 16.9 Å². The third-order valence-corrected chi connectivity index (χ3v) is 4.45. The molecule has 1 aromatic carbocycles. The predicted molar refractivity (Wildman–Crippen MR) is 91.9 cm³/mol. The molecule has 6 heteroatoms. The Morgan fingerprint density at radius 2 is 2.25 bits per heavy atom. The second-order valence-electron chi connectivity index (χ2n) is 6.17. The lowest BCUT2D eigenvalue weighted by Gasteiger charge is -2.31. The summed E-state index contributed by atoms with van der Waals surface area (Å²) in [6.45, 7) is 4.72. The van der Waals surface area contributed by atoms with Crippen molar-refractivity contribution in [2.75, 3.05) is 26.2 Å². The van der Waals surface area contributed by atoms with Crippen LogP contribution in [0.3, 0.4) is 0 Å². The molecule has 24 heavy (non-hydrogen) atoms. The van der Waals surface area contributed by atoms with Crippen molar-refractivity contribution in [1.29, 1.82) is 0 Å². The van der Waals surface area contributed by atoms with Gasteiger partial charge in [-0.2, -0.15) is 0 Å². The average molecular weight is 329 g/mol. The van der Waals surface area contributed by atoms with Gasteiger partial charge in [0, 0.05) is 19.5 Å². The zero-order valence-electron chi connectivity index (χ0n) is 14.0. The van der Waals surface area contributed by atoms with E-state index < -0.39 is 0 Å². The average Bonchev–Trinajstić information content (AvgIpc) is 2.60. The van der Waals surface area contributed by atoms with Crippen LogP contribution in [0.15, 0.2) is 29.1 Å². The second-order valence-corrected chi connectivity index (χ2v) is 6.17. The molecule has 0 spiro atoms. The molecule has 1 aromatic heterocycles. The van der Waals surface area contributed by atoms with E-state index in [1.807, 2.05) is 25.1 Å². The fourth-order valence-corrected chi connectivity index (χ4v) is 3.23. The molecule has 1 saturated heterocycles. The van der Waals surface area contributed by atoms with Gasteiger partial charge in [-0.15, -0.1) is 0 Å². The SMILES string of the molecule is CCOC(=O)C1CCCN(CCc2nc3ccccc3c(=O)[nH]2)C1. The van der Waals surface area contributed by atoms with Crippen LogP contribution < -0.4 is 5.56 Å². The van der Waals surface area contributed by atoms with Gasteiger partial charge in [-0.1, -0.05) is 12.1 Å². The summed E-state index contributed by atoms with van der Waals surface area (Å²) in [5, 5.41) is 0.613. The van der Waals surface area contributed by atoms with Gasteiger partial charge in [0.2, 0.25) is 0 Å². The number of ether oxygens (including phenoxy) is 1. The molecule has 128 valence electrons. The zero-order valence-corrected chi connectivity index (χ0v) is 14.0. The van der Waals surface area contributed by atoms with Gasteiger partial charge in [-0.25, -0.2) is 4.98 Å². The third-order valence-electron chi connectivity index (χ3n) is 4.45. The van der Waals surface area contributed by atoms with Crippen LogP contribution in [0.4, 0.5) is 0 Å². The molecular formula is C18H23N3O3. The summed E-state index contributed by atoms with van der Waals surface area (Å²) in [5.41, 5.74) is 0.623. The highest BCUT2D eigenvalue weighted by atomic mass is 16.5. The van der Waals surface area contributed by atoms with Crippen molar-refractivity contribution in [1.82, 2.24) is 14.9 Å². The number of carbonyl (C=O) groups excluding carboxylic acids is 1. The van der Waals surface area contributed by atoms with Crippen molar-refractivity contribution in [2.24, 2.45) is 5.92 Å². The number of piperidine rings is 1. The maximum Gasteiger partial charge on any atom is 0.310 e. The summed E-state index contributed by atoms with van der Waals surface area (Å²) in [7, 11) is 0. The highest BCUT2D eigenvalue weighted by molar-refractivity contribution is 5.77. The smallest absolute Gasteiger partial charge is 0.310 e. The number of H-pyrrole nitrogens is 1. The topological polar surface area (TPSA) is 75.3 Å². The van der Waals surface area contributed by atoms with Crippen LogP contribution in [0, 0.1) is 5.92 Å². The number of likely N-dealkylation sites (tertiary alicyclic amines) is 1. The number of hydrogen-bond acceptors (Lipinski definition) is 5. The molecule has 1 aliphatic heterocycles. The highest BCUT2D eigenvalue weighted by Crippen LogP contribution is 2.18. The van der Waals surface area contributed by atoms with Crippen LogP contribution in [0.5, 0.6) is 0 Å². The number of para-hydroxylation sites is 1. The molecule has 0 bridgehead atoms. The summed E-state index contributed by atoms with van der Waals surface area (Å²) < 4.78 is 5.13. The molecule has 1 fully saturated rings. The molecule has 1 aliphatic rings. The molecule has 1 unspecified atom stereocenters. The number of nitrogens with zero attached hydrogens (tertiary/aromatic N) is 2. The number of hydrogen-bond donors (Lipinski definition) is 1. The van der Waals surface area contributed by atoms with E-state index in [1.165, 1.54) is 0 Å². The number of esters is 1. The molecule has 2 heterocycles. The summed E-state index contributed by atoms with van der Waals surface area (Å²) in [6.07, 6.45) is 2.54. The van der Waals surface area contributed by atoms with Crippen molar-refractivity contribution in [2.45, 2.75) is 26.2 Å². The molecule has 0 amide bonds. The van der Waals surface area contributed by atoms with Crippen molar-refractivity contribution < 1.29 is 9.53 Å². The van der Waals surface area contributed by atoms with Gasteiger partial charge < -0.3 is 14.6 Å². The number of carbonyl (C=O) groups is 1. The minimum atomic E-state index is -0.0985. The van der Waals surface area contributed by atoms with Crippen molar-refractivity contribution in [3.63, 3.8) is 0 Å². The van der Waals surface area contributed by atoms with Crippen LogP contribution in [0.1, 0.15) is 25.6 Å². The first kappa shape index (κ1) is 16.6. The second kappa shape index (κ2) is 7.57. The first-order valence-corrected chi connectivity index (χ1v) is 8.54. The minimum Gasteiger partial charge on any atom is -0.466 e. The first-order valence-electron chi connectivity index (χ1n) is 8.54. The molecule has 2 aromatic rings.